The van der Waals surface area contributed by atoms with Crippen molar-refractivity contribution >= 4 is 11.3 Å². The molecule has 1 N–H and O–H groups in total. The summed E-state index contributed by atoms with van der Waals surface area (Å²) in [6.45, 7) is 8.46. The molecule has 1 aromatic heterocycles. The minimum atomic E-state index is 0.246. The van der Waals surface area contributed by atoms with E-state index < -0.39 is 0 Å². The van der Waals surface area contributed by atoms with Crippen LogP contribution in [-0.2, 0) is 0 Å². The molecular weight excluding hydrogens is 240 g/mol. The van der Waals surface area contributed by atoms with Gasteiger partial charge in [0.2, 0.25) is 0 Å². The number of aryl methyl sites for hydroxylation is 4. The topological polar surface area (TPSA) is 24.9 Å². The summed E-state index contributed by atoms with van der Waals surface area (Å²) in [4.78, 5) is 5.84. The zero-order valence-corrected chi connectivity index (χ0v) is 12.5. The van der Waals surface area contributed by atoms with Gasteiger partial charge in [-0.15, -0.1) is 11.3 Å². The van der Waals surface area contributed by atoms with Crippen molar-refractivity contribution in [1.82, 2.24) is 10.3 Å². The van der Waals surface area contributed by atoms with Crippen LogP contribution in [-0.4, -0.2) is 12.0 Å². The van der Waals surface area contributed by atoms with Gasteiger partial charge in [-0.1, -0.05) is 18.2 Å². The summed E-state index contributed by atoms with van der Waals surface area (Å²) in [5.74, 6) is 0. The molecule has 1 unspecified atom stereocenters. The number of rotatable bonds is 3. The molecule has 0 aliphatic rings. The Balaban J connectivity index is 2.45. The first-order chi connectivity index (χ1) is 8.52. The van der Waals surface area contributed by atoms with Crippen molar-refractivity contribution in [3.63, 3.8) is 0 Å². The maximum atomic E-state index is 4.52. The molecule has 0 bridgehead atoms. The molecule has 18 heavy (non-hydrogen) atoms. The lowest BCUT2D eigenvalue weighted by Crippen LogP contribution is -2.17. The van der Waals surface area contributed by atoms with Gasteiger partial charge >= 0.3 is 0 Å². The Hall–Kier alpha value is -1.19. The van der Waals surface area contributed by atoms with Crippen molar-refractivity contribution < 1.29 is 0 Å². The first-order valence-electron chi connectivity index (χ1n) is 6.21. The highest BCUT2D eigenvalue weighted by atomic mass is 32.1. The van der Waals surface area contributed by atoms with Gasteiger partial charge in [-0.3, -0.25) is 0 Å². The fraction of sp³-hybridized carbons (Fsp3) is 0.400. The highest BCUT2D eigenvalue weighted by molar-refractivity contribution is 7.11. The van der Waals surface area contributed by atoms with Crippen molar-refractivity contribution in [3.05, 3.63) is 50.5 Å². The summed E-state index contributed by atoms with van der Waals surface area (Å²) in [6, 6.07) is 6.91. The third-order valence-electron chi connectivity index (χ3n) is 3.35. The molecule has 0 amide bonds. The highest BCUT2D eigenvalue weighted by Gasteiger charge is 2.18. The molecule has 2 aromatic rings. The van der Waals surface area contributed by atoms with Gasteiger partial charge in [0.1, 0.15) is 0 Å². The third-order valence-corrected chi connectivity index (χ3v) is 4.49. The number of thiazole rings is 1. The van der Waals surface area contributed by atoms with E-state index in [9.17, 15) is 0 Å². The van der Waals surface area contributed by atoms with Crippen LogP contribution in [0.3, 0.4) is 0 Å². The van der Waals surface area contributed by atoms with Crippen molar-refractivity contribution in [2.75, 3.05) is 7.05 Å². The lowest BCUT2D eigenvalue weighted by Gasteiger charge is -2.17. The quantitative estimate of drug-likeness (QED) is 0.910. The highest BCUT2D eigenvalue weighted by Crippen LogP contribution is 2.30. The summed E-state index contributed by atoms with van der Waals surface area (Å²) < 4.78 is 0. The maximum Gasteiger partial charge on any atom is 0.0900 e. The predicted octanol–water partition coefficient (Wildman–Crippen LogP) is 3.69. The Labute approximate surface area is 113 Å². The van der Waals surface area contributed by atoms with E-state index in [4.69, 9.17) is 0 Å². The molecule has 0 aliphatic carbocycles. The van der Waals surface area contributed by atoms with Crippen molar-refractivity contribution in [3.8, 4) is 0 Å². The van der Waals surface area contributed by atoms with Crippen LogP contribution in [0.5, 0.6) is 0 Å². The molecule has 0 aliphatic heterocycles. The number of hydrogen-bond donors (Lipinski definition) is 1. The maximum absolute atomic E-state index is 4.52. The van der Waals surface area contributed by atoms with E-state index in [0.29, 0.717) is 0 Å². The lowest BCUT2D eigenvalue weighted by atomic mass is 9.99. The zero-order valence-electron chi connectivity index (χ0n) is 11.7. The fourth-order valence-corrected chi connectivity index (χ4v) is 3.27. The smallest absolute Gasteiger partial charge is 0.0900 e. The average molecular weight is 260 g/mol. The molecule has 1 atom stereocenters. The predicted molar refractivity (Wildman–Crippen MR) is 78.4 cm³/mol. The summed E-state index contributed by atoms with van der Waals surface area (Å²) >= 11 is 1.78. The van der Waals surface area contributed by atoms with Crippen LogP contribution in [0.25, 0.3) is 0 Å². The monoisotopic (exact) mass is 260 g/mol. The number of benzene rings is 1. The second-order valence-corrected chi connectivity index (χ2v) is 5.98. The largest absolute Gasteiger partial charge is 0.309 e. The third kappa shape index (κ3) is 2.47. The van der Waals surface area contributed by atoms with Crippen LogP contribution < -0.4 is 5.32 Å². The van der Waals surface area contributed by atoms with E-state index >= 15 is 0 Å². The van der Waals surface area contributed by atoms with Gasteiger partial charge in [0, 0.05) is 4.88 Å². The molecule has 2 nitrogen and oxygen atoms in total. The van der Waals surface area contributed by atoms with Crippen LogP contribution in [0.1, 0.15) is 38.3 Å². The first kappa shape index (κ1) is 13.2. The summed E-state index contributed by atoms with van der Waals surface area (Å²) in [5, 5.41) is 4.54. The fourth-order valence-electron chi connectivity index (χ4n) is 2.21. The van der Waals surface area contributed by atoms with Crippen LogP contribution in [0, 0.1) is 27.7 Å². The summed E-state index contributed by atoms with van der Waals surface area (Å²) in [6.07, 6.45) is 0. The Bertz CT molecular complexity index is 558. The van der Waals surface area contributed by atoms with Gasteiger partial charge in [0.15, 0.2) is 0 Å². The van der Waals surface area contributed by atoms with Crippen LogP contribution in [0.15, 0.2) is 18.2 Å². The molecule has 96 valence electrons. The molecule has 0 saturated heterocycles. The van der Waals surface area contributed by atoms with Gasteiger partial charge in [-0.2, -0.15) is 0 Å². The molecule has 0 spiro atoms. The van der Waals surface area contributed by atoms with E-state index in [1.807, 2.05) is 7.05 Å². The minimum Gasteiger partial charge on any atom is -0.309 e. The molecule has 1 heterocycles. The molecule has 0 saturated carbocycles. The first-order valence-corrected chi connectivity index (χ1v) is 7.03. The number of aromatic nitrogens is 1. The van der Waals surface area contributed by atoms with Gasteiger partial charge < -0.3 is 5.32 Å². The van der Waals surface area contributed by atoms with Crippen LogP contribution >= 0.6 is 11.3 Å². The van der Waals surface area contributed by atoms with E-state index in [0.717, 1.165) is 10.7 Å². The van der Waals surface area contributed by atoms with E-state index in [1.54, 1.807) is 11.3 Å². The zero-order chi connectivity index (χ0) is 13.3. The molecule has 1 aromatic carbocycles. The summed E-state index contributed by atoms with van der Waals surface area (Å²) in [7, 11) is 2.01. The Morgan fingerprint density at radius 2 is 1.83 bits per heavy atom. The SMILES string of the molecule is CNC(c1ccc(C)c(C)c1)c1sc(C)nc1C. The number of nitrogens with one attached hydrogen (secondary N) is 1. The second-order valence-electron chi connectivity index (χ2n) is 4.75. The second kappa shape index (κ2) is 5.21. The van der Waals surface area contributed by atoms with Gasteiger partial charge in [0.05, 0.1) is 16.7 Å². The van der Waals surface area contributed by atoms with Crippen molar-refractivity contribution in [2.24, 2.45) is 0 Å². The molecular formula is C15H20N2S. The summed E-state index contributed by atoms with van der Waals surface area (Å²) in [5.41, 5.74) is 5.12. The van der Waals surface area contributed by atoms with Crippen molar-refractivity contribution in [1.29, 1.82) is 0 Å². The number of nitrogens with zero attached hydrogens (tertiary/aromatic N) is 1. The molecule has 0 fully saturated rings. The van der Waals surface area contributed by atoms with E-state index in [1.165, 1.54) is 21.6 Å². The van der Waals surface area contributed by atoms with Gasteiger partial charge in [-0.05, 0) is 51.4 Å². The molecule has 3 heteroatoms. The average Bonchev–Trinajstić information content (AvgIpc) is 2.64. The van der Waals surface area contributed by atoms with Crippen LogP contribution in [0.2, 0.25) is 0 Å². The Morgan fingerprint density at radius 3 is 2.33 bits per heavy atom. The molecule has 0 radical (unpaired) electrons. The lowest BCUT2D eigenvalue weighted by molar-refractivity contribution is 0.697. The molecule has 2 rings (SSSR count). The van der Waals surface area contributed by atoms with E-state index in [2.05, 4.69) is 56.2 Å². The Kier molecular flexibility index (Phi) is 3.83. The van der Waals surface area contributed by atoms with E-state index in [-0.39, 0.29) is 6.04 Å². The van der Waals surface area contributed by atoms with Crippen LogP contribution in [0.4, 0.5) is 0 Å². The number of hydrogen-bond acceptors (Lipinski definition) is 3. The van der Waals surface area contributed by atoms with Gasteiger partial charge in [-0.25, -0.2) is 4.98 Å². The minimum absolute atomic E-state index is 0.246. The standard InChI is InChI=1S/C15H20N2S/c1-9-6-7-13(8-10(9)2)14(16-5)15-11(3)17-12(4)18-15/h6-8,14,16H,1-5H3. The van der Waals surface area contributed by atoms with Crippen molar-refractivity contribution in [2.45, 2.75) is 33.7 Å². The van der Waals surface area contributed by atoms with Gasteiger partial charge in [0.25, 0.3) is 0 Å². The Morgan fingerprint density at radius 1 is 1.11 bits per heavy atom. The normalized spacial score (nSPS) is 12.7.